The summed E-state index contributed by atoms with van der Waals surface area (Å²) in [6.45, 7) is 5.72. The van der Waals surface area contributed by atoms with Crippen molar-refractivity contribution in [1.82, 2.24) is 9.88 Å². The molecular formula is C24H30N2O4. The number of carbonyl (C=O) groups is 2. The summed E-state index contributed by atoms with van der Waals surface area (Å²) in [5, 5.41) is 10.6. The van der Waals surface area contributed by atoms with Gasteiger partial charge in [-0.1, -0.05) is 19.4 Å². The molecule has 1 aromatic carbocycles. The summed E-state index contributed by atoms with van der Waals surface area (Å²) in [4.78, 5) is 35.5. The predicted molar refractivity (Wildman–Crippen MR) is 113 cm³/mol. The van der Waals surface area contributed by atoms with Crippen LogP contribution in [0.3, 0.4) is 0 Å². The third-order valence-corrected chi connectivity index (χ3v) is 7.71. The molecule has 1 aliphatic carbocycles. The summed E-state index contributed by atoms with van der Waals surface area (Å²) in [5.74, 6) is 0.461. The summed E-state index contributed by atoms with van der Waals surface area (Å²) in [7, 11) is 0. The largest absolute Gasteiger partial charge is 0.357 e. The number of carbonyl (C=O) groups excluding carboxylic acids is 2. The minimum atomic E-state index is -0.860. The molecule has 6 rings (SSSR count). The number of ketones is 1. The zero-order chi connectivity index (χ0) is 21.0. The van der Waals surface area contributed by atoms with Gasteiger partial charge in [0.2, 0.25) is 0 Å². The summed E-state index contributed by atoms with van der Waals surface area (Å²) >= 11 is 0. The highest BCUT2D eigenvalue weighted by molar-refractivity contribution is 5.92. The van der Waals surface area contributed by atoms with Crippen LogP contribution in [0.1, 0.15) is 56.4 Å². The number of nitrogens with one attached hydrogen (secondary N) is 1. The van der Waals surface area contributed by atoms with Gasteiger partial charge in [-0.25, -0.2) is 4.79 Å². The number of piperidine rings is 2. The molecule has 1 saturated carbocycles. The van der Waals surface area contributed by atoms with E-state index in [0.717, 1.165) is 66.5 Å². The molecule has 3 aliphatic heterocycles. The number of benzene rings is 1. The Morgan fingerprint density at radius 2 is 2.20 bits per heavy atom. The number of H-pyrrole nitrogens is 1. The second kappa shape index (κ2) is 7.20. The average molecular weight is 411 g/mol. The van der Waals surface area contributed by atoms with Gasteiger partial charge in [-0.2, -0.15) is 5.26 Å². The van der Waals surface area contributed by atoms with Crippen molar-refractivity contribution in [2.24, 2.45) is 11.8 Å². The van der Waals surface area contributed by atoms with E-state index in [2.05, 4.69) is 27.8 Å². The first-order chi connectivity index (χ1) is 14.5. The van der Waals surface area contributed by atoms with Crippen molar-refractivity contribution in [1.29, 1.82) is 0 Å². The topological polar surface area (TPSA) is 82.6 Å². The SMILES string of the molecule is CCCC1CC2CN3CCc4c([nH]c5ccc(CC(C)=O)cc45)C(C(=O)OO)(C2)C13. The van der Waals surface area contributed by atoms with Crippen molar-refractivity contribution in [3.05, 3.63) is 35.0 Å². The molecule has 2 saturated heterocycles. The first-order valence-corrected chi connectivity index (χ1v) is 11.2. The summed E-state index contributed by atoms with van der Waals surface area (Å²) in [6.07, 6.45) is 5.29. The van der Waals surface area contributed by atoms with Crippen molar-refractivity contribution >= 4 is 22.7 Å². The van der Waals surface area contributed by atoms with E-state index in [4.69, 9.17) is 0 Å². The normalized spacial score (nSPS) is 32.0. The van der Waals surface area contributed by atoms with E-state index >= 15 is 0 Å². The van der Waals surface area contributed by atoms with Crippen molar-refractivity contribution in [3.63, 3.8) is 0 Å². The predicted octanol–water partition coefficient (Wildman–Crippen LogP) is 3.62. The third kappa shape index (κ3) is 2.77. The van der Waals surface area contributed by atoms with E-state index in [9.17, 15) is 14.8 Å². The lowest BCUT2D eigenvalue weighted by Gasteiger charge is -2.57. The number of Topliss-reactive ketones (excluding diaryl/α,β-unsaturated/α-hetero) is 1. The lowest BCUT2D eigenvalue weighted by Crippen LogP contribution is -2.67. The molecule has 4 bridgehead atoms. The Labute approximate surface area is 176 Å². The first-order valence-electron chi connectivity index (χ1n) is 11.2. The van der Waals surface area contributed by atoms with E-state index in [1.165, 1.54) is 0 Å². The van der Waals surface area contributed by atoms with Gasteiger partial charge in [-0.05, 0) is 67.7 Å². The molecule has 5 unspecified atom stereocenters. The molecule has 6 heteroatoms. The lowest BCUT2D eigenvalue weighted by atomic mass is 9.56. The Hall–Kier alpha value is -2.18. The smallest absolute Gasteiger partial charge is 0.355 e. The molecule has 2 N–H and O–H groups in total. The van der Waals surface area contributed by atoms with E-state index in [1.54, 1.807) is 6.92 Å². The van der Waals surface area contributed by atoms with Crippen LogP contribution in [0, 0.1) is 11.8 Å². The molecular weight excluding hydrogens is 380 g/mol. The lowest BCUT2D eigenvalue weighted by molar-refractivity contribution is -0.249. The number of hydrogen-bond acceptors (Lipinski definition) is 5. The Balaban J connectivity index is 1.72. The van der Waals surface area contributed by atoms with Gasteiger partial charge in [0.1, 0.15) is 11.2 Å². The molecule has 5 atom stereocenters. The van der Waals surface area contributed by atoms with E-state index < -0.39 is 11.4 Å². The molecule has 4 heterocycles. The molecule has 0 radical (unpaired) electrons. The summed E-state index contributed by atoms with van der Waals surface area (Å²) < 4.78 is 0. The molecule has 4 aliphatic rings. The van der Waals surface area contributed by atoms with Crippen LogP contribution >= 0.6 is 0 Å². The monoisotopic (exact) mass is 410 g/mol. The third-order valence-electron chi connectivity index (χ3n) is 7.71. The Kier molecular flexibility index (Phi) is 4.75. The number of rotatable bonds is 5. The zero-order valence-electron chi connectivity index (χ0n) is 17.7. The highest BCUT2D eigenvalue weighted by Gasteiger charge is 2.63. The standard InChI is InChI=1S/C24H30N2O4/c1-3-4-17-10-16-12-24(23(28)30-29)21-18(7-8-26(13-16)22(17)24)19-11-15(9-14(2)27)5-6-20(19)25-21/h5-6,11,16-17,22,25,29H,3-4,7-10,12-13H2,1-2H3. The van der Waals surface area contributed by atoms with Crippen LogP contribution in [-0.2, 0) is 32.7 Å². The molecule has 0 amide bonds. The number of hydrogen-bond donors (Lipinski definition) is 2. The summed E-state index contributed by atoms with van der Waals surface area (Å²) in [6, 6.07) is 6.14. The maximum Gasteiger partial charge on any atom is 0.355 e. The molecule has 3 fully saturated rings. The van der Waals surface area contributed by atoms with Crippen LogP contribution in [0.4, 0.5) is 0 Å². The Morgan fingerprint density at radius 1 is 1.37 bits per heavy atom. The van der Waals surface area contributed by atoms with Crippen LogP contribution < -0.4 is 0 Å². The fourth-order valence-electron chi connectivity index (χ4n) is 6.92. The van der Waals surface area contributed by atoms with Gasteiger partial charge in [0.05, 0.1) is 0 Å². The maximum atomic E-state index is 13.3. The molecule has 30 heavy (non-hydrogen) atoms. The maximum absolute atomic E-state index is 13.3. The van der Waals surface area contributed by atoms with Crippen LogP contribution in [0.2, 0.25) is 0 Å². The van der Waals surface area contributed by atoms with E-state index in [-0.39, 0.29) is 11.8 Å². The van der Waals surface area contributed by atoms with Gasteiger partial charge in [0.15, 0.2) is 0 Å². The van der Waals surface area contributed by atoms with Gasteiger partial charge in [-0.15, -0.1) is 0 Å². The average Bonchev–Trinajstić information content (AvgIpc) is 3.05. The quantitative estimate of drug-likeness (QED) is 0.581. The molecule has 6 nitrogen and oxygen atoms in total. The van der Waals surface area contributed by atoms with Crippen LogP contribution in [-0.4, -0.2) is 46.0 Å². The van der Waals surface area contributed by atoms with Gasteiger partial charge >= 0.3 is 5.97 Å². The molecule has 2 aromatic rings. The van der Waals surface area contributed by atoms with Crippen molar-refractivity contribution in [2.75, 3.05) is 13.1 Å². The minimum absolute atomic E-state index is 0.0492. The second-order valence-electron chi connectivity index (χ2n) is 9.63. The number of fused-ring (bicyclic) bond motifs is 4. The van der Waals surface area contributed by atoms with Gasteiger partial charge < -0.3 is 4.98 Å². The highest BCUT2D eigenvalue weighted by atomic mass is 17.1. The highest BCUT2D eigenvalue weighted by Crippen LogP contribution is 2.55. The second-order valence-corrected chi connectivity index (χ2v) is 9.63. The van der Waals surface area contributed by atoms with Crippen molar-refractivity contribution in [2.45, 2.75) is 63.8 Å². The number of aromatic nitrogens is 1. The number of aromatic amines is 1. The van der Waals surface area contributed by atoms with Gasteiger partial charge in [0.25, 0.3) is 0 Å². The van der Waals surface area contributed by atoms with Crippen molar-refractivity contribution in [3.8, 4) is 0 Å². The molecule has 0 spiro atoms. The zero-order valence-corrected chi connectivity index (χ0v) is 17.7. The number of nitrogens with zero attached hydrogens (tertiary/aromatic N) is 1. The van der Waals surface area contributed by atoms with E-state index in [1.807, 2.05) is 12.1 Å². The van der Waals surface area contributed by atoms with Gasteiger partial charge in [-0.3, -0.25) is 14.6 Å². The summed E-state index contributed by atoms with van der Waals surface area (Å²) in [5.41, 5.74) is 3.19. The van der Waals surface area contributed by atoms with Crippen molar-refractivity contribution < 1.29 is 19.7 Å². The molecule has 160 valence electrons. The first kappa shape index (κ1) is 19.8. The van der Waals surface area contributed by atoms with Crippen LogP contribution in [0.25, 0.3) is 10.9 Å². The Morgan fingerprint density at radius 3 is 2.93 bits per heavy atom. The minimum Gasteiger partial charge on any atom is -0.357 e. The van der Waals surface area contributed by atoms with Crippen LogP contribution in [0.15, 0.2) is 18.2 Å². The Bertz CT molecular complexity index is 1010. The fraction of sp³-hybridized carbons (Fsp3) is 0.583. The van der Waals surface area contributed by atoms with E-state index in [0.29, 0.717) is 24.7 Å². The van der Waals surface area contributed by atoms with Crippen LogP contribution in [0.5, 0.6) is 0 Å². The molecule has 1 aromatic heterocycles. The fourth-order valence-corrected chi connectivity index (χ4v) is 6.92. The van der Waals surface area contributed by atoms with Gasteiger partial charge in [0, 0.05) is 42.1 Å².